The molecule has 0 aliphatic carbocycles. The third-order valence-corrected chi connectivity index (χ3v) is 6.99. The highest BCUT2D eigenvalue weighted by atomic mass is 32.2. The molecule has 2 heterocycles. The van der Waals surface area contributed by atoms with E-state index in [0.717, 1.165) is 13.1 Å². The summed E-state index contributed by atoms with van der Waals surface area (Å²) in [5, 5.41) is 2.87. The average molecular weight is 380 g/mol. The van der Waals surface area contributed by atoms with Crippen LogP contribution in [0.25, 0.3) is 0 Å². The number of amides is 2. The van der Waals surface area contributed by atoms with Gasteiger partial charge in [0.1, 0.15) is 0 Å². The lowest BCUT2D eigenvalue weighted by atomic mass is 9.87. The molecule has 7 heteroatoms. The molecule has 6 nitrogen and oxygen atoms in total. The van der Waals surface area contributed by atoms with E-state index in [4.69, 9.17) is 0 Å². The van der Waals surface area contributed by atoms with Crippen molar-refractivity contribution >= 4 is 21.6 Å². The van der Waals surface area contributed by atoms with Crippen LogP contribution in [0.3, 0.4) is 0 Å². The maximum Gasteiger partial charge on any atom is 0.317 e. The molecule has 0 spiro atoms. The molecule has 3 rings (SSSR count). The summed E-state index contributed by atoms with van der Waals surface area (Å²) >= 11 is 0. The lowest BCUT2D eigenvalue weighted by molar-refractivity contribution is 0.191. The predicted molar refractivity (Wildman–Crippen MR) is 105 cm³/mol. The standard InChI is InChI=1S/C19H29N3O3S/c1-19(2,3)15-4-6-17(7-5-15)21-9-11-22(12-10-21)18(23)20-16-8-13-26(24,25)14-16/h4-7,16H,8-14H2,1-3H3,(H,20,23). The van der Waals surface area contributed by atoms with Crippen molar-refractivity contribution < 1.29 is 13.2 Å². The number of urea groups is 1. The fourth-order valence-electron chi connectivity index (χ4n) is 3.51. The van der Waals surface area contributed by atoms with Crippen LogP contribution in [0.1, 0.15) is 32.8 Å². The third-order valence-electron chi connectivity index (χ3n) is 5.23. The molecule has 0 bridgehead atoms. The highest BCUT2D eigenvalue weighted by Crippen LogP contribution is 2.25. The Hall–Kier alpha value is -1.76. The van der Waals surface area contributed by atoms with Gasteiger partial charge in [0, 0.05) is 37.9 Å². The number of hydrogen-bond donors (Lipinski definition) is 1. The minimum Gasteiger partial charge on any atom is -0.368 e. The van der Waals surface area contributed by atoms with Gasteiger partial charge < -0.3 is 15.1 Å². The lowest BCUT2D eigenvalue weighted by Gasteiger charge is -2.36. The molecule has 144 valence electrons. The van der Waals surface area contributed by atoms with Crippen molar-refractivity contribution in [1.82, 2.24) is 10.2 Å². The maximum atomic E-state index is 12.4. The van der Waals surface area contributed by atoms with Crippen LogP contribution in [0.4, 0.5) is 10.5 Å². The largest absolute Gasteiger partial charge is 0.368 e. The minimum absolute atomic E-state index is 0.0683. The molecular formula is C19H29N3O3S. The summed E-state index contributed by atoms with van der Waals surface area (Å²) in [6.07, 6.45) is 0.522. The van der Waals surface area contributed by atoms with Gasteiger partial charge in [-0.1, -0.05) is 32.9 Å². The Morgan fingerprint density at radius 3 is 2.19 bits per heavy atom. The first-order valence-electron chi connectivity index (χ1n) is 9.25. The summed E-state index contributed by atoms with van der Waals surface area (Å²) in [6, 6.07) is 8.27. The first kappa shape index (κ1) is 19.0. The van der Waals surface area contributed by atoms with Crippen molar-refractivity contribution in [1.29, 1.82) is 0 Å². The molecule has 2 aliphatic heterocycles. The number of nitrogens with zero attached hydrogens (tertiary/aromatic N) is 2. The highest BCUT2D eigenvalue weighted by Gasteiger charge is 2.31. The van der Waals surface area contributed by atoms with Crippen LogP contribution in [-0.4, -0.2) is 63.1 Å². The summed E-state index contributed by atoms with van der Waals surface area (Å²) in [6.45, 7) is 9.47. The zero-order valence-corrected chi connectivity index (χ0v) is 16.7. The van der Waals surface area contributed by atoms with Crippen LogP contribution in [-0.2, 0) is 15.3 Å². The normalized spacial score (nSPS) is 23.1. The van der Waals surface area contributed by atoms with Crippen LogP contribution in [0.15, 0.2) is 24.3 Å². The molecule has 1 unspecified atom stereocenters. The predicted octanol–water partition coefficient (Wildman–Crippen LogP) is 2.00. The third kappa shape index (κ3) is 4.50. The number of sulfone groups is 1. The van der Waals surface area contributed by atoms with Crippen molar-refractivity contribution in [3.8, 4) is 0 Å². The van der Waals surface area contributed by atoms with Gasteiger partial charge in [0.05, 0.1) is 11.5 Å². The first-order valence-corrected chi connectivity index (χ1v) is 11.1. The fourth-order valence-corrected chi connectivity index (χ4v) is 5.19. The van der Waals surface area contributed by atoms with Crippen molar-refractivity contribution in [3.05, 3.63) is 29.8 Å². The number of nitrogens with one attached hydrogen (secondary N) is 1. The number of piperazine rings is 1. The van der Waals surface area contributed by atoms with Gasteiger partial charge in [0.2, 0.25) is 0 Å². The molecule has 2 amide bonds. The number of anilines is 1. The van der Waals surface area contributed by atoms with E-state index in [0.29, 0.717) is 19.5 Å². The zero-order valence-electron chi connectivity index (χ0n) is 15.9. The van der Waals surface area contributed by atoms with E-state index < -0.39 is 9.84 Å². The second-order valence-corrected chi connectivity index (χ2v) is 10.5. The Labute approximate surface area is 156 Å². The zero-order chi connectivity index (χ0) is 18.9. The quantitative estimate of drug-likeness (QED) is 0.853. The number of rotatable bonds is 2. The van der Waals surface area contributed by atoms with E-state index in [1.807, 2.05) is 0 Å². The SMILES string of the molecule is CC(C)(C)c1ccc(N2CCN(C(=O)NC3CCS(=O)(=O)C3)CC2)cc1. The number of benzene rings is 1. The van der Waals surface area contributed by atoms with Gasteiger partial charge in [-0.2, -0.15) is 0 Å². The number of hydrogen-bond acceptors (Lipinski definition) is 4. The summed E-state index contributed by atoms with van der Waals surface area (Å²) < 4.78 is 23.0. The molecule has 0 radical (unpaired) electrons. The van der Waals surface area contributed by atoms with Crippen LogP contribution in [0.2, 0.25) is 0 Å². The van der Waals surface area contributed by atoms with Gasteiger partial charge in [-0.05, 0) is 29.5 Å². The molecule has 2 fully saturated rings. The van der Waals surface area contributed by atoms with Gasteiger partial charge in [-0.25, -0.2) is 13.2 Å². The molecule has 1 aromatic rings. The molecule has 2 saturated heterocycles. The lowest BCUT2D eigenvalue weighted by Crippen LogP contribution is -2.53. The number of carbonyl (C=O) groups excluding carboxylic acids is 1. The molecule has 0 saturated carbocycles. The molecule has 1 atom stereocenters. The van der Waals surface area contributed by atoms with Gasteiger partial charge in [0.15, 0.2) is 9.84 Å². The van der Waals surface area contributed by atoms with E-state index in [9.17, 15) is 13.2 Å². The van der Waals surface area contributed by atoms with Crippen molar-refractivity contribution in [2.75, 3.05) is 42.6 Å². The Bertz CT molecular complexity index is 745. The van der Waals surface area contributed by atoms with E-state index in [1.165, 1.54) is 11.3 Å². The van der Waals surface area contributed by atoms with Crippen LogP contribution >= 0.6 is 0 Å². The van der Waals surface area contributed by atoms with Gasteiger partial charge >= 0.3 is 6.03 Å². The molecular weight excluding hydrogens is 350 g/mol. The smallest absolute Gasteiger partial charge is 0.317 e. The van der Waals surface area contributed by atoms with E-state index >= 15 is 0 Å². The summed E-state index contributed by atoms with van der Waals surface area (Å²) in [5.74, 6) is 0.245. The molecule has 1 aromatic carbocycles. The first-order chi connectivity index (χ1) is 12.1. The van der Waals surface area contributed by atoms with Crippen molar-refractivity contribution in [2.45, 2.75) is 38.6 Å². The summed E-state index contributed by atoms with van der Waals surface area (Å²) in [5.41, 5.74) is 2.63. The monoisotopic (exact) mass is 379 g/mol. The molecule has 1 N–H and O–H groups in total. The highest BCUT2D eigenvalue weighted by molar-refractivity contribution is 7.91. The van der Waals surface area contributed by atoms with Crippen LogP contribution in [0.5, 0.6) is 0 Å². The molecule has 2 aliphatic rings. The number of carbonyl (C=O) groups is 1. The Morgan fingerprint density at radius 2 is 1.69 bits per heavy atom. The minimum atomic E-state index is -2.97. The van der Waals surface area contributed by atoms with Gasteiger partial charge in [-0.15, -0.1) is 0 Å². The Kier molecular flexibility index (Phi) is 5.19. The van der Waals surface area contributed by atoms with E-state index in [-0.39, 0.29) is 29.0 Å². The summed E-state index contributed by atoms with van der Waals surface area (Å²) in [4.78, 5) is 16.4. The molecule has 0 aromatic heterocycles. The van der Waals surface area contributed by atoms with Crippen LogP contribution in [0, 0.1) is 0 Å². The van der Waals surface area contributed by atoms with E-state index in [2.05, 4.69) is 55.3 Å². The Morgan fingerprint density at radius 1 is 1.08 bits per heavy atom. The Balaban J connectivity index is 1.52. The van der Waals surface area contributed by atoms with Gasteiger partial charge in [-0.3, -0.25) is 0 Å². The topological polar surface area (TPSA) is 69.7 Å². The second kappa shape index (κ2) is 7.10. The molecule has 26 heavy (non-hydrogen) atoms. The second-order valence-electron chi connectivity index (χ2n) is 8.32. The maximum absolute atomic E-state index is 12.4. The fraction of sp³-hybridized carbons (Fsp3) is 0.632. The van der Waals surface area contributed by atoms with Crippen molar-refractivity contribution in [2.24, 2.45) is 0 Å². The van der Waals surface area contributed by atoms with Crippen LogP contribution < -0.4 is 10.2 Å². The van der Waals surface area contributed by atoms with Crippen molar-refractivity contribution in [3.63, 3.8) is 0 Å². The summed E-state index contributed by atoms with van der Waals surface area (Å²) in [7, 11) is -2.97. The van der Waals surface area contributed by atoms with Gasteiger partial charge in [0.25, 0.3) is 0 Å². The van der Waals surface area contributed by atoms with E-state index in [1.54, 1.807) is 4.90 Å². The average Bonchev–Trinajstić information content (AvgIpc) is 2.93.